The summed E-state index contributed by atoms with van der Waals surface area (Å²) < 4.78 is 22.8. The van der Waals surface area contributed by atoms with Crippen molar-refractivity contribution >= 4 is 21.2 Å². The van der Waals surface area contributed by atoms with Gasteiger partial charge in [0.25, 0.3) is 0 Å². The molecule has 0 spiro atoms. The molecule has 3 N–H and O–H groups in total. The van der Waals surface area contributed by atoms with Crippen LogP contribution in [0.5, 0.6) is 0 Å². The SMILES string of the molecule is CS(=O)(=O)c1ccc(N2CC[C@H](O)C2)cc1N. The Labute approximate surface area is 101 Å². The van der Waals surface area contributed by atoms with Crippen molar-refractivity contribution < 1.29 is 13.5 Å². The van der Waals surface area contributed by atoms with Crippen LogP contribution in [0, 0.1) is 0 Å². The summed E-state index contributed by atoms with van der Waals surface area (Å²) in [5.41, 5.74) is 6.85. The van der Waals surface area contributed by atoms with E-state index in [4.69, 9.17) is 5.73 Å². The lowest BCUT2D eigenvalue weighted by Crippen LogP contribution is -2.21. The van der Waals surface area contributed by atoms with E-state index in [1.54, 1.807) is 12.1 Å². The average Bonchev–Trinajstić information content (AvgIpc) is 2.62. The van der Waals surface area contributed by atoms with Gasteiger partial charge in [-0.25, -0.2) is 8.42 Å². The smallest absolute Gasteiger partial charge is 0.177 e. The second-order valence-electron chi connectivity index (χ2n) is 4.38. The number of benzene rings is 1. The van der Waals surface area contributed by atoms with Crippen LogP contribution in [0.1, 0.15) is 6.42 Å². The quantitative estimate of drug-likeness (QED) is 0.741. The fraction of sp³-hybridized carbons (Fsp3) is 0.455. The Morgan fingerprint density at radius 2 is 2.18 bits per heavy atom. The third kappa shape index (κ3) is 2.53. The van der Waals surface area contributed by atoms with Crippen molar-refractivity contribution in [1.29, 1.82) is 0 Å². The topological polar surface area (TPSA) is 83.6 Å². The lowest BCUT2D eigenvalue weighted by atomic mass is 10.2. The van der Waals surface area contributed by atoms with Gasteiger partial charge in [0.1, 0.15) is 0 Å². The third-order valence-corrected chi connectivity index (χ3v) is 4.09. The lowest BCUT2D eigenvalue weighted by Gasteiger charge is -2.18. The predicted octanol–water partition coefficient (Wildman–Crippen LogP) is 0.243. The molecule has 17 heavy (non-hydrogen) atoms. The van der Waals surface area contributed by atoms with Gasteiger partial charge < -0.3 is 15.7 Å². The molecular formula is C11H16N2O3S. The molecule has 2 rings (SSSR count). The van der Waals surface area contributed by atoms with Crippen molar-refractivity contribution in [2.75, 3.05) is 30.0 Å². The summed E-state index contributed by atoms with van der Waals surface area (Å²) in [4.78, 5) is 2.15. The number of aliphatic hydroxyl groups is 1. The summed E-state index contributed by atoms with van der Waals surface area (Å²) in [6.07, 6.45) is 1.55. The Morgan fingerprint density at radius 1 is 1.47 bits per heavy atom. The molecule has 1 heterocycles. The van der Waals surface area contributed by atoms with Gasteiger partial charge in [0.2, 0.25) is 0 Å². The molecule has 94 valence electrons. The summed E-state index contributed by atoms with van der Waals surface area (Å²) in [5.74, 6) is 0. The molecule has 0 aromatic heterocycles. The highest BCUT2D eigenvalue weighted by molar-refractivity contribution is 7.90. The number of anilines is 2. The maximum Gasteiger partial charge on any atom is 0.177 e. The van der Waals surface area contributed by atoms with E-state index < -0.39 is 9.84 Å². The summed E-state index contributed by atoms with van der Waals surface area (Å²) in [6, 6.07) is 4.89. The fourth-order valence-electron chi connectivity index (χ4n) is 2.05. The summed E-state index contributed by atoms with van der Waals surface area (Å²) in [6.45, 7) is 1.33. The van der Waals surface area contributed by atoms with E-state index in [-0.39, 0.29) is 16.7 Å². The molecule has 0 amide bonds. The lowest BCUT2D eigenvalue weighted by molar-refractivity contribution is 0.198. The number of hydrogen-bond acceptors (Lipinski definition) is 5. The van der Waals surface area contributed by atoms with Gasteiger partial charge in [-0.1, -0.05) is 0 Å². The molecule has 0 aliphatic carbocycles. The summed E-state index contributed by atoms with van der Waals surface area (Å²) in [7, 11) is -3.28. The van der Waals surface area contributed by atoms with Gasteiger partial charge in [0, 0.05) is 25.0 Å². The van der Waals surface area contributed by atoms with Crippen LogP contribution in [0.4, 0.5) is 11.4 Å². The Balaban J connectivity index is 2.31. The van der Waals surface area contributed by atoms with Crippen LogP contribution in [0.15, 0.2) is 23.1 Å². The van der Waals surface area contributed by atoms with Crippen LogP contribution in [-0.2, 0) is 9.84 Å². The second-order valence-corrected chi connectivity index (χ2v) is 6.37. The number of hydrogen-bond donors (Lipinski definition) is 2. The normalized spacial score (nSPS) is 20.8. The molecule has 1 aliphatic rings. The van der Waals surface area contributed by atoms with Gasteiger partial charge in [-0.3, -0.25) is 0 Å². The van der Waals surface area contributed by atoms with Crippen LogP contribution >= 0.6 is 0 Å². The summed E-state index contributed by atoms with van der Waals surface area (Å²) in [5, 5.41) is 9.45. The van der Waals surface area contributed by atoms with E-state index in [9.17, 15) is 13.5 Å². The average molecular weight is 256 g/mol. The zero-order valence-electron chi connectivity index (χ0n) is 9.63. The van der Waals surface area contributed by atoms with Crippen molar-refractivity contribution in [2.45, 2.75) is 17.4 Å². The Bertz CT molecular complexity index is 528. The number of rotatable bonds is 2. The van der Waals surface area contributed by atoms with Crippen LogP contribution < -0.4 is 10.6 Å². The minimum absolute atomic E-state index is 0.154. The van der Waals surface area contributed by atoms with Gasteiger partial charge in [-0.15, -0.1) is 0 Å². The largest absolute Gasteiger partial charge is 0.398 e. The minimum Gasteiger partial charge on any atom is -0.398 e. The third-order valence-electron chi connectivity index (χ3n) is 2.92. The van der Waals surface area contributed by atoms with Crippen LogP contribution in [0.25, 0.3) is 0 Å². The molecule has 0 unspecified atom stereocenters. The zero-order valence-corrected chi connectivity index (χ0v) is 10.4. The number of β-amino-alcohol motifs (C(OH)–C–C–N with tert-alkyl or cyclic N) is 1. The molecule has 1 aliphatic heterocycles. The predicted molar refractivity (Wildman–Crippen MR) is 66.8 cm³/mol. The maximum atomic E-state index is 11.4. The number of nitrogens with zero attached hydrogens (tertiary/aromatic N) is 1. The Morgan fingerprint density at radius 3 is 2.65 bits per heavy atom. The van der Waals surface area contributed by atoms with E-state index in [0.29, 0.717) is 6.54 Å². The Kier molecular flexibility index (Phi) is 3.01. The molecule has 1 atom stereocenters. The molecule has 0 bridgehead atoms. The zero-order chi connectivity index (χ0) is 12.6. The first kappa shape index (κ1) is 12.2. The molecule has 0 saturated carbocycles. The van der Waals surface area contributed by atoms with Crippen LogP contribution in [0.2, 0.25) is 0 Å². The Hall–Kier alpha value is -1.27. The van der Waals surface area contributed by atoms with Crippen molar-refractivity contribution in [3.8, 4) is 0 Å². The van der Waals surface area contributed by atoms with Gasteiger partial charge in [0.05, 0.1) is 16.7 Å². The second kappa shape index (κ2) is 4.19. The first-order valence-electron chi connectivity index (χ1n) is 5.40. The van der Waals surface area contributed by atoms with Crippen LogP contribution in [-0.4, -0.2) is 39.0 Å². The van der Waals surface area contributed by atoms with Gasteiger partial charge in [0.15, 0.2) is 9.84 Å². The van der Waals surface area contributed by atoms with Crippen molar-refractivity contribution in [2.24, 2.45) is 0 Å². The highest BCUT2D eigenvalue weighted by atomic mass is 32.2. The number of nitrogens with two attached hydrogens (primary N) is 1. The molecular weight excluding hydrogens is 240 g/mol. The van der Waals surface area contributed by atoms with Crippen molar-refractivity contribution in [3.05, 3.63) is 18.2 Å². The van der Waals surface area contributed by atoms with E-state index in [1.165, 1.54) is 6.07 Å². The first-order valence-corrected chi connectivity index (χ1v) is 7.29. The molecule has 1 aromatic rings. The number of nitrogen functional groups attached to an aromatic ring is 1. The standard InChI is InChI=1S/C11H16N2O3S/c1-17(15,16)11-3-2-8(6-10(11)12)13-5-4-9(14)7-13/h2-3,6,9,14H,4-5,7,12H2,1H3/t9-/m0/s1. The van der Waals surface area contributed by atoms with Gasteiger partial charge in [-0.2, -0.15) is 0 Å². The molecule has 1 aromatic carbocycles. The van der Waals surface area contributed by atoms with E-state index in [0.717, 1.165) is 24.9 Å². The van der Waals surface area contributed by atoms with E-state index in [2.05, 4.69) is 0 Å². The first-order chi connectivity index (χ1) is 7.88. The van der Waals surface area contributed by atoms with E-state index in [1.807, 2.05) is 4.90 Å². The monoisotopic (exact) mass is 256 g/mol. The maximum absolute atomic E-state index is 11.4. The highest BCUT2D eigenvalue weighted by Gasteiger charge is 2.21. The van der Waals surface area contributed by atoms with Crippen molar-refractivity contribution in [3.63, 3.8) is 0 Å². The van der Waals surface area contributed by atoms with Gasteiger partial charge in [-0.05, 0) is 24.6 Å². The number of sulfone groups is 1. The number of aliphatic hydroxyl groups excluding tert-OH is 1. The summed E-state index contributed by atoms with van der Waals surface area (Å²) >= 11 is 0. The van der Waals surface area contributed by atoms with Crippen molar-refractivity contribution in [1.82, 2.24) is 0 Å². The van der Waals surface area contributed by atoms with Gasteiger partial charge >= 0.3 is 0 Å². The van der Waals surface area contributed by atoms with Crippen LogP contribution in [0.3, 0.4) is 0 Å². The molecule has 0 radical (unpaired) electrons. The molecule has 1 saturated heterocycles. The molecule has 5 nitrogen and oxygen atoms in total. The molecule has 1 fully saturated rings. The highest BCUT2D eigenvalue weighted by Crippen LogP contribution is 2.27. The molecule has 6 heteroatoms. The minimum atomic E-state index is -3.28. The van der Waals surface area contributed by atoms with E-state index >= 15 is 0 Å². The fourth-order valence-corrected chi connectivity index (χ4v) is 2.85.